The highest BCUT2D eigenvalue weighted by atomic mass is 16.5. The molecule has 1 amide bonds. The van der Waals surface area contributed by atoms with Gasteiger partial charge in [0.05, 0.1) is 0 Å². The van der Waals surface area contributed by atoms with Gasteiger partial charge >= 0.3 is 0 Å². The number of amides is 1. The number of aryl methyl sites for hydroxylation is 2. The predicted octanol–water partition coefficient (Wildman–Crippen LogP) is 3.35. The Kier molecular flexibility index (Phi) is 4.41. The summed E-state index contributed by atoms with van der Waals surface area (Å²) in [5.74, 6) is 0.660. The molecule has 2 rings (SSSR count). The lowest BCUT2D eigenvalue weighted by Gasteiger charge is -2.17. The van der Waals surface area contributed by atoms with E-state index in [0.29, 0.717) is 0 Å². The average Bonchev–Trinajstić information content (AvgIpc) is 2.44. The molecule has 0 saturated carbocycles. The summed E-state index contributed by atoms with van der Waals surface area (Å²) in [6.07, 6.45) is 0. The molecule has 3 nitrogen and oxygen atoms in total. The van der Waals surface area contributed by atoms with Gasteiger partial charge in [0.2, 0.25) is 0 Å². The van der Waals surface area contributed by atoms with Crippen LogP contribution in [0.5, 0.6) is 5.75 Å². The van der Waals surface area contributed by atoms with Gasteiger partial charge in [-0.2, -0.15) is 0 Å². The van der Waals surface area contributed by atoms with E-state index in [1.807, 2.05) is 56.3 Å². The maximum atomic E-state index is 12.1. The second-order valence-electron chi connectivity index (χ2n) is 4.90. The number of carbonyl (C=O) groups excluding carboxylic acids is 1. The maximum Gasteiger partial charge on any atom is 0.264 e. The smallest absolute Gasteiger partial charge is 0.264 e. The largest absolute Gasteiger partial charge is 0.484 e. The topological polar surface area (TPSA) is 29.5 Å². The standard InChI is InChI=1S/C17H19NO2/c1-13-9-14(2)11-16(10-13)20-12-17(19)18(3)15-7-5-4-6-8-15/h4-11H,12H2,1-3H3. The number of para-hydroxylation sites is 1. The molecule has 0 saturated heterocycles. The van der Waals surface area contributed by atoms with E-state index in [9.17, 15) is 4.79 Å². The van der Waals surface area contributed by atoms with Crippen molar-refractivity contribution in [1.82, 2.24) is 0 Å². The minimum atomic E-state index is -0.0737. The lowest BCUT2D eigenvalue weighted by Crippen LogP contribution is -2.31. The molecule has 0 spiro atoms. The number of likely N-dealkylation sites (N-methyl/N-ethyl adjacent to an activating group) is 1. The third-order valence-corrected chi connectivity index (χ3v) is 3.08. The van der Waals surface area contributed by atoms with Gasteiger partial charge in [0.25, 0.3) is 5.91 Å². The first-order valence-corrected chi connectivity index (χ1v) is 6.59. The van der Waals surface area contributed by atoms with Crippen LogP contribution in [-0.4, -0.2) is 19.6 Å². The molecule has 0 heterocycles. The maximum absolute atomic E-state index is 12.1. The molecule has 0 radical (unpaired) electrons. The molecule has 0 aliphatic rings. The number of nitrogens with zero attached hydrogens (tertiary/aromatic N) is 1. The summed E-state index contributed by atoms with van der Waals surface area (Å²) in [7, 11) is 1.75. The summed E-state index contributed by atoms with van der Waals surface area (Å²) >= 11 is 0. The molecule has 0 atom stereocenters. The summed E-state index contributed by atoms with van der Waals surface area (Å²) in [4.78, 5) is 13.7. The van der Waals surface area contributed by atoms with Crippen LogP contribution in [0.4, 0.5) is 5.69 Å². The number of anilines is 1. The monoisotopic (exact) mass is 269 g/mol. The van der Waals surface area contributed by atoms with E-state index in [1.54, 1.807) is 11.9 Å². The first kappa shape index (κ1) is 14.1. The highest BCUT2D eigenvalue weighted by molar-refractivity contribution is 5.93. The summed E-state index contributed by atoms with van der Waals surface area (Å²) in [5.41, 5.74) is 3.12. The second-order valence-corrected chi connectivity index (χ2v) is 4.90. The number of ether oxygens (including phenoxy) is 1. The zero-order valence-corrected chi connectivity index (χ0v) is 12.1. The normalized spacial score (nSPS) is 10.2. The summed E-state index contributed by atoms with van der Waals surface area (Å²) in [6.45, 7) is 4.06. The molecule has 0 aromatic heterocycles. The van der Waals surface area contributed by atoms with E-state index >= 15 is 0 Å². The Balaban J connectivity index is 1.98. The second kappa shape index (κ2) is 6.24. The van der Waals surface area contributed by atoms with E-state index in [1.165, 1.54) is 0 Å². The van der Waals surface area contributed by atoms with Crippen molar-refractivity contribution in [2.75, 3.05) is 18.6 Å². The van der Waals surface area contributed by atoms with Crippen molar-refractivity contribution < 1.29 is 9.53 Å². The fourth-order valence-corrected chi connectivity index (χ4v) is 2.05. The Morgan fingerprint density at radius 1 is 1.05 bits per heavy atom. The van der Waals surface area contributed by atoms with E-state index in [-0.39, 0.29) is 12.5 Å². The number of carbonyl (C=O) groups is 1. The van der Waals surface area contributed by atoms with Gasteiger partial charge in [-0.25, -0.2) is 0 Å². The zero-order chi connectivity index (χ0) is 14.5. The molecule has 0 aliphatic carbocycles. The molecule has 0 unspecified atom stereocenters. The highest BCUT2D eigenvalue weighted by Crippen LogP contribution is 2.17. The third kappa shape index (κ3) is 3.60. The van der Waals surface area contributed by atoms with Crippen LogP contribution in [0, 0.1) is 13.8 Å². The first-order valence-electron chi connectivity index (χ1n) is 6.59. The van der Waals surface area contributed by atoms with Crippen LogP contribution < -0.4 is 9.64 Å². The minimum Gasteiger partial charge on any atom is -0.484 e. The van der Waals surface area contributed by atoms with Crippen molar-refractivity contribution in [2.24, 2.45) is 0 Å². The molecule has 0 aliphatic heterocycles. The summed E-state index contributed by atoms with van der Waals surface area (Å²) in [6, 6.07) is 15.5. The van der Waals surface area contributed by atoms with Crippen LogP contribution in [0.3, 0.4) is 0 Å². The Morgan fingerprint density at radius 2 is 1.65 bits per heavy atom. The van der Waals surface area contributed by atoms with Crippen molar-refractivity contribution in [1.29, 1.82) is 0 Å². The highest BCUT2D eigenvalue weighted by Gasteiger charge is 2.11. The van der Waals surface area contributed by atoms with E-state index in [4.69, 9.17) is 4.74 Å². The third-order valence-electron chi connectivity index (χ3n) is 3.08. The zero-order valence-electron chi connectivity index (χ0n) is 12.1. The summed E-state index contributed by atoms with van der Waals surface area (Å²) in [5, 5.41) is 0. The molecule has 20 heavy (non-hydrogen) atoms. The van der Waals surface area contributed by atoms with Crippen LogP contribution in [0.2, 0.25) is 0 Å². The Bertz CT molecular complexity index is 573. The van der Waals surface area contributed by atoms with Gasteiger partial charge in [-0.3, -0.25) is 4.79 Å². The van der Waals surface area contributed by atoms with Crippen molar-refractivity contribution in [2.45, 2.75) is 13.8 Å². The molecule has 104 valence electrons. The van der Waals surface area contributed by atoms with Gasteiger partial charge in [0.15, 0.2) is 6.61 Å². The van der Waals surface area contributed by atoms with E-state index < -0.39 is 0 Å². The van der Waals surface area contributed by atoms with Gasteiger partial charge in [0, 0.05) is 12.7 Å². The van der Waals surface area contributed by atoms with Gasteiger partial charge < -0.3 is 9.64 Å². The van der Waals surface area contributed by atoms with Crippen molar-refractivity contribution >= 4 is 11.6 Å². The van der Waals surface area contributed by atoms with Crippen LogP contribution in [0.1, 0.15) is 11.1 Å². The fourth-order valence-electron chi connectivity index (χ4n) is 2.05. The number of benzene rings is 2. The first-order chi connectivity index (χ1) is 9.56. The lowest BCUT2D eigenvalue weighted by atomic mass is 10.1. The molecular formula is C17H19NO2. The molecule has 0 bridgehead atoms. The van der Waals surface area contributed by atoms with Crippen molar-refractivity contribution in [3.8, 4) is 5.75 Å². The van der Waals surface area contributed by atoms with Gasteiger partial charge in [0.1, 0.15) is 5.75 Å². The van der Waals surface area contributed by atoms with E-state index in [0.717, 1.165) is 22.6 Å². The van der Waals surface area contributed by atoms with E-state index in [2.05, 4.69) is 6.07 Å². The molecule has 2 aromatic rings. The van der Waals surface area contributed by atoms with Gasteiger partial charge in [-0.15, -0.1) is 0 Å². The average molecular weight is 269 g/mol. The van der Waals surface area contributed by atoms with Crippen LogP contribution >= 0.6 is 0 Å². The van der Waals surface area contributed by atoms with Crippen molar-refractivity contribution in [3.63, 3.8) is 0 Å². The number of hydrogen-bond donors (Lipinski definition) is 0. The predicted molar refractivity (Wildman–Crippen MR) is 81.3 cm³/mol. The number of hydrogen-bond acceptors (Lipinski definition) is 2. The Hall–Kier alpha value is -2.29. The van der Waals surface area contributed by atoms with Gasteiger partial charge in [-0.1, -0.05) is 24.3 Å². The molecule has 2 aromatic carbocycles. The molecular weight excluding hydrogens is 250 g/mol. The SMILES string of the molecule is Cc1cc(C)cc(OCC(=O)N(C)c2ccccc2)c1. The minimum absolute atomic E-state index is 0.0360. The van der Waals surface area contributed by atoms with Crippen molar-refractivity contribution in [3.05, 3.63) is 59.7 Å². The Morgan fingerprint density at radius 3 is 2.25 bits per heavy atom. The lowest BCUT2D eigenvalue weighted by molar-refractivity contribution is -0.120. The van der Waals surface area contributed by atoms with Crippen LogP contribution in [0.25, 0.3) is 0 Å². The summed E-state index contributed by atoms with van der Waals surface area (Å²) < 4.78 is 5.58. The van der Waals surface area contributed by atoms with Gasteiger partial charge in [-0.05, 0) is 49.2 Å². The molecule has 3 heteroatoms. The fraction of sp³-hybridized carbons (Fsp3) is 0.235. The molecule has 0 N–H and O–H groups in total. The van der Waals surface area contributed by atoms with Crippen LogP contribution in [-0.2, 0) is 4.79 Å². The van der Waals surface area contributed by atoms with Crippen LogP contribution in [0.15, 0.2) is 48.5 Å². The number of rotatable bonds is 4. The molecule has 0 fully saturated rings. The Labute approximate surface area is 119 Å². The quantitative estimate of drug-likeness (QED) is 0.852.